The van der Waals surface area contributed by atoms with E-state index in [4.69, 9.17) is 11.6 Å². The van der Waals surface area contributed by atoms with Crippen molar-refractivity contribution in [3.63, 3.8) is 0 Å². The van der Waals surface area contributed by atoms with Crippen LogP contribution in [0.3, 0.4) is 0 Å². The van der Waals surface area contributed by atoms with E-state index < -0.39 is 0 Å². The van der Waals surface area contributed by atoms with Gasteiger partial charge in [0.2, 0.25) is 5.91 Å². The van der Waals surface area contributed by atoms with Gasteiger partial charge in [0.05, 0.1) is 24.8 Å². The summed E-state index contributed by atoms with van der Waals surface area (Å²) in [6.07, 6.45) is 3.19. The van der Waals surface area contributed by atoms with Gasteiger partial charge in [-0.3, -0.25) is 14.3 Å². The third-order valence-corrected chi connectivity index (χ3v) is 3.92. The van der Waals surface area contributed by atoms with Crippen LogP contribution in [0, 0.1) is 0 Å². The van der Waals surface area contributed by atoms with Crippen LogP contribution in [0.4, 0.5) is 0 Å². The fraction of sp³-hybridized carbons (Fsp3) is 0.353. The SMILES string of the molecule is CCNC(=O)CN(CC)C(=O)c1cnn(Cc2ccccc2Cl)c1. The Hall–Kier alpha value is -2.34. The van der Waals surface area contributed by atoms with Gasteiger partial charge >= 0.3 is 0 Å². The van der Waals surface area contributed by atoms with E-state index in [1.165, 1.54) is 11.1 Å². The molecule has 1 aromatic heterocycles. The molecule has 0 aliphatic heterocycles. The van der Waals surface area contributed by atoms with Crippen LogP contribution in [0.15, 0.2) is 36.7 Å². The van der Waals surface area contributed by atoms with Crippen LogP contribution in [0.1, 0.15) is 29.8 Å². The number of aromatic nitrogens is 2. The molecule has 0 radical (unpaired) electrons. The van der Waals surface area contributed by atoms with Crippen LogP contribution in [0.25, 0.3) is 0 Å². The first kappa shape index (κ1) is 18.0. The molecule has 0 aliphatic rings. The van der Waals surface area contributed by atoms with E-state index in [2.05, 4.69) is 10.4 Å². The zero-order valence-corrected chi connectivity index (χ0v) is 14.6. The van der Waals surface area contributed by atoms with Crippen LogP contribution in [0.5, 0.6) is 0 Å². The Balaban J connectivity index is 2.07. The maximum atomic E-state index is 12.5. The first-order valence-electron chi connectivity index (χ1n) is 7.87. The predicted octanol–water partition coefficient (Wildman–Crippen LogP) is 2.18. The number of carbonyl (C=O) groups excluding carboxylic acids is 2. The van der Waals surface area contributed by atoms with Crippen molar-refractivity contribution in [2.24, 2.45) is 0 Å². The van der Waals surface area contributed by atoms with Crippen molar-refractivity contribution in [2.75, 3.05) is 19.6 Å². The minimum Gasteiger partial charge on any atom is -0.355 e. The van der Waals surface area contributed by atoms with Gasteiger partial charge < -0.3 is 10.2 Å². The minimum atomic E-state index is -0.214. The van der Waals surface area contributed by atoms with Gasteiger partial charge in [0.1, 0.15) is 0 Å². The Labute approximate surface area is 146 Å². The van der Waals surface area contributed by atoms with Crippen molar-refractivity contribution in [1.29, 1.82) is 0 Å². The van der Waals surface area contributed by atoms with Crippen LogP contribution in [0.2, 0.25) is 5.02 Å². The van der Waals surface area contributed by atoms with E-state index >= 15 is 0 Å². The molecular weight excluding hydrogens is 328 g/mol. The summed E-state index contributed by atoms with van der Waals surface area (Å²) >= 11 is 6.14. The number of amides is 2. The second-order valence-electron chi connectivity index (χ2n) is 5.29. The molecule has 6 nitrogen and oxygen atoms in total. The van der Waals surface area contributed by atoms with E-state index in [1.54, 1.807) is 10.9 Å². The lowest BCUT2D eigenvalue weighted by atomic mass is 10.2. The fourth-order valence-corrected chi connectivity index (χ4v) is 2.49. The number of rotatable bonds is 7. The summed E-state index contributed by atoms with van der Waals surface area (Å²) in [5.41, 5.74) is 1.38. The van der Waals surface area contributed by atoms with Crippen molar-refractivity contribution in [3.05, 3.63) is 52.8 Å². The summed E-state index contributed by atoms with van der Waals surface area (Å²) in [6, 6.07) is 7.50. The van der Waals surface area contributed by atoms with Gasteiger partial charge in [-0.05, 0) is 25.5 Å². The van der Waals surface area contributed by atoms with Gasteiger partial charge in [-0.25, -0.2) is 0 Å². The molecule has 2 rings (SSSR count). The summed E-state index contributed by atoms with van der Waals surface area (Å²) in [5.74, 6) is -0.384. The summed E-state index contributed by atoms with van der Waals surface area (Å²) < 4.78 is 1.66. The smallest absolute Gasteiger partial charge is 0.257 e. The lowest BCUT2D eigenvalue weighted by Crippen LogP contribution is -2.40. The third-order valence-electron chi connectivity index (χ3n) is 3.55. The highest BCUT2D eigenvalue weighted by Gasteiger charge is 2.18. The van der Waals surface area contributed by atoms with E-state index in [9.17, 15) is 9.59 Å². The zero-order chi connectivity index (χ0) is 17.5. The molecule has 1 N–H and O–H groups in total. The summed E-state index contributed by atoms with van der Waals surface area (Å²) in [5, 5.41) is 7.57. The Kier molecular flexibility index (Phi) is 6.37. The molecule has 0 spiro atoms. The summed E-state index contributed by atoms with van der Waals surface area (Å²) in [4.78, 5) is 25.7. The molecule has 0 bridgehead atoms. The second kappa shape index (κ2) is 8.49. The van der Waals surface area contributed by atoms with Crippen LogP contribution in [-0.4, -0.2) is 46.1 Å². The highest BCUT2D eigenvalue weighted by atomic mass is 35.5. The van der Waals surface area contributed by atoms with Crippen molar-refractivity contribution in [3.8, 4) is 0 Å². The first-order chi connectivity index (χ1) is 11.5. The monoisotopic (exact) mass is 348 g/mol. The Bertz CT molecular complexity index is 714. The molecule has 0 atom stereocenters. The number of carbonyl (C=O) groups is 2. The largest absolute Gasteiger partial charge is 0.355 e. The number of halogens is 1. The van der Waals surface area contributed by atoms with Gasteiger partial charge in [0.25, 0.3) is 5.91 Å². The number of hydrogen-bond acceptors (Lipinski definition) is 3. The number of nitrogens with zero attached hydrogens (tertiary/aromatic N) is 3. The fourth-order valence-electron chi connectivity index (χ4n) is 2.30. The molecule has 1 heterocycles. The molecule has 7 heteroatoms. The van der Waals surface area contributed by atoms with Gasteiger partial charge in [-0.15, -0.1) is 0 Å². The van der Waals surface area contributed by atoms with Crippen molar-refractivity contribution in [2.45, 2.75) is 20.4 Å². The van der Waals surface area contributed by atoms with E-state index in [1.807, 2.05) is 38.1 Å². The number of likely N-dealkylation sites (N-methyl/N-ethyl adjacent to an activating group) is 2. The topological polar surface area (TPSA) is 67.2 Å². The molecule has 2 amide bonds. The molecule has 0 aliphatic carbocycles. The molecule has 24 heavy (non-hydrogen) atoms. The molecule has 0 saturated carbocycles. The average Bonchev–Trinajstić information content (AvgIpc) is 3.03. The zero-order valence-electron chi connectivity index (χ0n) is 13.8. The number of nitrogens with one attached hydrogen (secondary N) is 1. The van der Waals surface area contributed by atoms with Crippen LogP contribution < -0.4 is 5.32 Å². The van der Waals surface area contributed by atoms with Gasteiger partial charge in [0, 0.05) is 24.3 Å². The quantitative estimate of drug-likeness (QED) is 0.834. The molecule has 0 fully saturated rings. The highest BCUT2D eigenvalue weighted by molar-refractivity contribution is 6.31. The normalized spacial score (nSPS) is 10.5. The van der Waals surface area contributed by atoms with E-state index in [0.717, 1.165) is 5.56 Å². The van der Waals surface area contributed by atoms with Gasteiger partial charge in [0.15, 0.2) is 0 Å². The number of benzene rings is 1. The predicted molar refractivity (Wildman–Crippen MR) is 93.0 cm³/mol. The molecular formula is C17H21ClN4O2. The highest BCUT2D eigenvalue weighted by Crippen LogP contribution is 2.16. The second-order valence-corrected chi connectivity index (χ2v) is 5.70. The van der Waals surface area contributed by atoms with Gasteiger partial charge in [-0.1, -0.05) is 29.8 Å². The third kappa shape index (κ3) is 4.58. The van der Waals surface area contributed by atoms with Crippen LogP contribution in [-0.2, 0) is 11.3 Å². The van der Waals surface area contributed by atoms with Crippen LogP contribution >= 0.6 is 11.6 Å². The molecule has 1 aromatic carbocycles. The average molecular weight is 349 g/mol. The van der Waals surface area contributed by atoms with Crippen molar-refractivity contribution in [1.82, 2.24) is 20.0 Å². The number of hydrogen-bond donors (Lipinski definition) is 1. The van der Waals surface area contributed by atoms with E-state index in [0.29, 0.717) is 30.2 Å². The Morgan fingerprint density at radius 1 is 1.29 bits per heavy atom. The van der Waals surface area contributed by atoms with Crippen molar-refractivity contribution >= 4 is 23.4 Å². The molecule has 0 unspecified atom stereocenters. The lowest BCUT2D eigenvalue weighted by molar-refractivity contribution is -0.121. The lowest BCUT2D eigenvalue weighted by Gasteiger charge is -2.19. The maximum Gasteiger partial charge on any atom is 0.257 e. The standard InChI is InChI=1S/C17H21ClN4O2/c1-3-19-16(23)12-21(4-2)17(24)14-9-20-22(11-14)10-13-7-5-6-8-15(13)18/h5-9,11H,3-4,10,12H2,1-2H3,(H,19,23). The molecule has 0 saturated heterocycles. The minimum absolute atomic E-state index is 0.0405. The summed E-state index contributed by atoms with van der Waals surface area (Å²) in [6.45, 7) is 5.19. The Morgan fingerprint density at radius 2 is 2.04 bits per heavy atom. The first-order valence-corrected chi connectivity index (χ1v) is 8.24. The molecule has 128 valence electrons. The Morgan fingerprint density at radius 3 is 2.71 bits per heavy atom. The van der Waals surface area contributed by atoms with Gasteiger partial charge in [-0.2, -0.15) is 5.10 Å². The van der Waals surface area contributed by atoms with Crippen molar-refractivity contribution < 1.29 is 9.59 Å². The molecule has 2 aromatic rings. The summed E-state index contributed by atoms with van der Waals surface area (Å²) in [7, 11) is 0. The van der Waals surface area contributed by atoms with E-state index in [-0.39, 0.29) is 18.4 Å². The maximum absolute atomic E-state index is 12.5.